The van der Waals surface area contributed by atoms with E-state index in [0.29, 0.717) is 35.6 Å². The maximum Gasteiger partial charge on any atom is 0.262 e. The van der Waals surface area contributed by atoms with Crippen molar-refractivity contribution in [1.29, 1.82) is 0 Å². The Morgan fingerprint density at radius 3 is 2.57 bits per heavy atom. The second kappa shape index (κ2) is 9.91. The molecule has 2 aromatic carbocycles. The lowest BCUT2D eigenvalue weighted by atomic mass is 10.1. The van der Waals surface area contributed by atoms with Crippen LogP contribution in [0, 0.1) is 20.8 Å². The van der Waals surface area contributed by atoms with Crippen molar-refractivity contribution in [2.75, 3.05) is 24.8 Å². The zero-order valence-corrected chi connectivity index (χ0v) is 18.6. The molecule has 6 nitrogen and oxygen atoms in total. The molecule has 1 heterocycles. The van der Waals surface area contributed by atoms with Crippen LogP contribution >= 0.6 is 11.8 Å². The maximum atomic E-state index is 13.0. The number of thioether (sulfide) groups is 1. The molecule has 7 heteroatoms. The molecule has 30 heavy (non-hydrogen) atoms. The van der Waals surface area contributed by atoms with Gasteiger partial charge in [0.25, 0.3) is 5.56 Å². The van der Waals surface area contributed by atoms with Crippen molar-refractivity contribution in [2.24, 2.45) is 0 Å². The topological polar surface area (TPSA) is 73.2 Å². The largest absolute Gasteiger partial charge is 0.385 e. The highest BCUT2D eigenvalue weighted by Crippen LogP contribution is 2.23. The second-order valence-electron chi connectivity index (χ2n) is 7.33. The maximum absolute atomic E-state index is 13.0. The molecule has 3 rings (SSSR count). The minimum atomic E-state index is -0.124. The third-order valence-electron chi connectivity index (χ3n) is 4.83. The monoisotopic (exact) mass is 425 g/mol. The number of methoxy groups -OCH3 is 1. The van der Waals surface area contributed by atoms with Gasteiger partial charge in [0.05, 0.1) is 16.7 Å². The van der Waals surface area contributed by atoms with E-state index < -0.39 is 0 Å². The number of hydrogen-bond donors (Lipinski definition) is 1. The molecule has 0 aliphatic carbocycles. The van der Waals surface area contributed by atoms with Crippen molar-refractivity contribution in [3.05, 3.63) is 63.4 Å². The second-order valence-corrected chi connectivity index (χ2v) is 8.27. The number of fused-ring (bicyclic) bond motifs is 1. The molecule has 0 aliphatic rings. The van der Waals surface area contributed by atoms with E-state index in [1.807, 2.05) is 51.1 Å². The Morgan fingerprint density at radius 1 is 1.17 bits per heavy atom. The lowest BCUT2D eigenvalue weighted by molar-refractivity contribution is -0.113. The third kappa shape index (κ3) is 5.09. The van der Waals surface area contributed by atoms with Gasteiger partial charge in [-0.1, -0.05) is 41.6 Å². The molecule has 0 atom stereocenters. The number of aryl methyl sites for hydroxylation is 3. The molecule has 0 radical (unpaired) electrons. The zero-order valence-electron chi connectivity index (χ0n) is 17.8. The summed E-state index contributed by atoms with van der Waals surface area (Å²) in [6.45, 7) is 7.05. The van der Waals surface area contributed by atoms with Crippen LogP contribution in [0.15, 0.2) is 46.3 Å². The summed E-state index contributed by atoms with van der Waals surface area (Å²) in [5, 5.41) is 4.13. The van der Waals surface area contributed by atoms with E-state index in [4.69, 9.17) is 4.74 Å². The highest BCUT2D eigenvalue weighted by molar-refractivity contribution is 7.99. The first kappa shape index (κ1) is 22.1. The number of amides is 1. The van der Waals surface area contributed by atoms with Crippen molar-refractivity contribution >= 4 is 34.3 Å². The lowest BCUT2D eigenvalue weighted by Crippen LogP contribution is -2.25. The fourth-order valence-electron chi connectivity index (χ4n) is 3.50. The minimum Gasteiger partial charge on any atom is -0.385 e. The number of aromatic nitrogens is 2. The summed E-state index contributed by atoms with van der Waals surface area (Å²) in [6, 6.07) is 11.4. The number of nitrogens with zero attached hydrogens (tertiary/aromatic N) is 2. The van der Waals surface area contributed by atoms with E-state index in [1.165, 1.54) is 11.8 Å². The molecule has 3 aromatic rings. The summed E-state index contributed by atoms with van der Waals surface area (Å²) in [5.41, 5.74) is 4.62. The van der Waals surface area contributed by atoms with Gasteiger partial charge in [-0.2, -0.15) is 0 Å². The number of carbonyl (C=O) groups excluding carboxylic acids is 1. The van der Waals surface area contributed by atoms with Crippen molar-refractivity contribution in [3.63, 3.8) is 0 Å². The van der Waals surface area contributed by atoms with Gasteiger partial charge in [-0.25, -0.2) is 4.98 Å². The van der Waals surface area contributed by atoms with Gasteiger partial charge in [0.2, 0.25) is 5.91 Å². The molecule has 0 spiro atoms. The van der Waals surface area contributed by atoms with Crippen molar-refractivity contribution in [1.82, 2.24) is 9.55 Å². The summed E-state index contributed by atoms with van der Waals surface area (Å²) >= 11 is 1.28. The molecule has 0 bridgehead atoms. The van der Waals surface area contributed by atoms with E-state index in [0.717, 1.165) is 22.4 Å². The molecule has 0 aliphatic heterocycles. The third-order valence-corrected chi connectivity index (χ3v) is 5.81. The van der Waals surface area contributed by atoms with Gasteiger partial charge in [0.15, 0.2) is 5.16 Å². The van der Waals surface area contributed by atoms with Crippen molar-refractivity contribution in [3.8, 4) is 0 Å². The quantitative estimate of drug-likeness (QED) is 0.334. The van der Waals surface area contributed by atoms with Gasteiger partial charge in [-0.3, -0.25) is 14.2 Å². The molecule has 1 aromatic heterocycles. The summed E-state index contributed by atoms with van der Waals surface area (Å²) in [7, 11) is 1.64. The zero-order chi connectivity index (χ0) is 21.7. The van der Waals surface area contributed by atoms with E-state index >= 15 is 0 Å². The average molecular weight is 426 g/mol. The Morgan fingerprint density at radius 2 is 1.87 bits per heavy atom. The Kier molecular flexibility index (Phi) is 7.29. The van der Waals surface area contributed by atoms with Crippen LogP contribution < -0.4 is 10.9 Å². The number of rotatable bonds is 8. The van der Waals surface area contributed by atoms with Crippen LogP contribution in [-0.2, 0) is 16.1 Å². The molecule has 158 valence electrons. The normalized spacial score (nSPS) is 11.1. The molecule has 0 saturated carbocycles. The molecular weight excluding hydrogens is 398 g/mol. The Bertz CT molecular complexity index is 1100. The van der Waals surface area contributed by atoms with Crippen LogP contribution in [0.4, 0.5) is 5.69 Å². The molecule has 0 fully saturated rings. The van der Waals surface area contributed by atoms with Crippen LogP contribution in [0.3, 0.4) is 0 Å². The molecular formula is C23H27N3O3S. The van der Waals surface area contributed by atoms with Crippen molar-refractivity contribution in [2.45, 2.75) is 38.9 Å². The van der Waals surface area contributed by atoms with Crippen molar-refractivity contribution < 1.29 is 9.53 Å². The number of hydrogen-bond acceptors (Lipinski definition) is 5. The number of anilines is 1. The summed E-state index contributed by atoms with van der Waals surface area (Å²) in [6.07, 6.45) is 0.692. The first-order valence-electron chi connectivity index (χ1n) is 9.89. The summed E-state index contributed by atoms with van der Waals surface area (Å²) < 4.78 is 6.76. The fraction of sp³-hybridized carbons (Fsp3) is 0.348. The van der Waals surface area contributed by atoms with Gasteiger partial charge < -0.3 is 10.1 Å². The Hall–Kier alpha value is -2.64. The van der Waals surface area contributed by atoms with Gasteiger partial charge in [0.1, 0.15) is 0 Å². The average Bonchev–Trinajstić information content (AvgIpc) is 2.71. The van der Waals surface area contributed by atoms with Crippen LogP contribution in [0.1, 0.15) is 23.1 Å². The van der Waals surface area contributed by atoms with E-state index in [9.17, 15) is 9.59 Å². The van der Waals surface area contributed by atoms with Crippen LogP contribution in [0.25, 0.3) is 10.9 Å². The Labute approximate surface area is 180 Å². The first-order chi connectivity index (χ1) is 14.4. The van der Waals surface area contributed by atoms with Gasteiger partial charge >= 0.3 is 0 Å². The van der Waals surface area contributed by atoms with Gasteiger partial charge in [-0.05, 0) is 50.5 Å². The van der Waals surface area contributed by atoms with Crippen LogP contribution in [-0.4, -0.2) is 34.9 Å². The molecule has 1 N–H and O–H groups in total. The summed E-state index contributed by atoms with van der Waals surface area (Å²) in [5.74, 6) is 0.0443. The lowest BCUT2D eigenvalue weighted by Gasteiger charge is -2.14. The number of para-hydroxylation sites is 1. The van der Waals surface area contributed by atoms with Gasteiger partial charge in [-0.15, -0.1) is 0 Å². The molecule has 1 amide bonds. The SMILES string of the molecule is COCCCn1c(SCC(=O)Nc2c(C)cc(C)cc2C)nc2ccccc2c1=O. The molecule has 0 unspecified atom stereocenters. The number of nitrogens with one attached hydrogen (secondary N) is 1. The standard InChI is InChI=1S/C23H27N3O3S/c1-15-12-16(2)21(17(3)13-15)25-20(27)14-30-23-24-19-9-6-5-8-18(19)22(28)26(23)10-7-11-29-4/h5-6,8-9,12-13H,7,10-11,14H2,1-4H3,(H,25,27). The molecule has 0 saturated heterocycles. The highest BCUT2D eigenvalue weighted by atomic mass is 32.2. The predicted molar refractivity (Wildman–Crippen MR) is 123 cm³/mol. The Balaban J connectivity index is 1.81. The van der Waals surface area contributed by atoms with Gasteiger partial charge in [0, 0.05) is 25.9 Å². The predicted octanol–water partition coefficient (Wildman–Crippen LogP) is 4.09. The smallest absolute Gasteiger partial charge is 0.262 e. The fourth-order valence-corrected chi connectivity index (χ4v) is 4.33. The van der Waals surface area contributed by atoms with E-state index in [-0.39, 0.29) is 17.2 Å². The summed E-state index contributed by atoms with van der Waals surface area (Å²) in [4.78, 5) is 30.2. The number of carbonyl (C=O) groups is 1. The van der Waals surface area contributed by atoms with E-state index in [2.05, 4.69) is 10.3 Å². The highest BCUT2D eigenvalue weighted by Gasteiger charge is 2.14. The van der Waals surface area contributed by atoms with Crippen LogP contribution in [0.5, 0.6) is 0 Å². The number of benzene rings is 2. The number of ether oxygens (including phenoxy) is 1. The minimum absolute atomic E-state index is 0.0927. The first-order valence-corrected chi connectivity index (χ1v) is 10.9. The van der Waals surface area contributed by atoms with E-state index in [1.54, 1.807) is 17.7 Å². The van der Waals surface area contributed by atoms with Crippen LogP contribution in [0.2, 0.25) is 0 Å².